The van der Waals surface area contributed by atoms with Gasteiger partial charge < -0.3 is 9.84 Å². The number of carboxylic acid groups (broad SMARTS) is 1. The third-order valence-corrected chi connectivity index (χ3v) is 3.07. The zero-order valence-corrected chi connectivity index (χ0v) is 11.2. The van der Waals surface area contributed by atoms with E-state index in [1.807, 2.05) is 24.3 Å². The van der Waals surface area contributed by atoms with E-state index in [2.05, 4.69) is 5.10 Å². The van der Waals surface area contributed by atoms with E-state index in [1.165, 1.54) is 5.01 Å². The summed E-state index contributed by atoms with van der Waals surface area (Å²) in [5.41, 5.74) is 1.70. The molecular formula is C14H16N2O4. The molecule has 6 heteroatoms. The Labute approximate surface area is 116 Å². The fraction of sp³-hybridized carbons (Fsp3) is 0.357. The first-order valence-corrected chi connectivity index (χ1v) is 6.34. The van der Waals surface area contributed by atoms with Crippen molar-refractivity contribution in [2.45, 2.75) is 19.3 Å². The molecule has 1 aliphatic heterocycles. The van der Waals surface area contributed by atoms with Crippen LogP contribution < -0.4 is 4.74 Å². The van der Waals surface area contributed by atoms with E-state index in [9.17, 15) is 9.59 Å². The van der Waals surface area contributed by atoms with Gasteiger partial charge in [0.15, 0.2) is 0 Å². The molecule has 1 heterocycles. The average molecular weight is 276 g/mol. The molecule has 0 bridgehead atoms. The van der Waals surface area contributed by atoms with Gasteiger partial charge in [-0.05, 0) is 29.8 Å². The van der Waals surface area contributed by atoms with Crippen LogP contribution >= 0.6 is 0 Å². The maximum Gasteiger partial charge on any atom is 0.305 e. The zero-order valence-electron chi connectivity index (χ0n) is 11.2. The van der Waals surface area contributed by atoms with Crippen molar-refractivity contribution in [1.82, 2.24) is 5.01 Å². The van der Waals surface area contributed by atoms with Gasteiger partial charge in [0.05, 0.1) is 25.8 Å². The number of ether oxygens (including phenoxy) is 1. The van der Waals surface area contributed by atoms with E-state index in [0.717, 1.165) is 17.0 Å². The van der Waals surface area contributed by atoms with Gasteiger partial charge in [-0.15, -0.1) is 0 Å². The van der Waals surface area contributed by atoms with Gasteiger partial charge in [0.2, 0.25) is 5.91 Å². The van der Waals surface area contributed by atoms with Crippen molar-refractivity contribution in [1.29, 1.82) is 0 Å². The minimum atomic E-state index is -0.940. The SMILES string of the molecule is COc1ccc(C2=NN(CCC(=O)O)C(=O)CC2)cc1. The van der Waals surface area contributed by atoms with E-state index >= 15 is 0 Å². The number of hydrogen-bond donors (Lipinski definition) is 1. The Morgan fingerprint density at radius 2 is 2.05 bits per heavy atom. The maximum atomic E-state index is 11.7. The van der Waals surface area contributed by atoms with E-state index < -0.39 is 5.97 Å². The molecule has 0 radical (unpaired) electrons. The fourth-order valence-corrected chi connectivity index (χ4v) is 1.97. The number of carboxylic acids is 1. The Morgan fingerprint density at radius 3 is 2.65 bits per heavy atom. The molecule has 1 aromatic carbocycles. The molecule has 0 spiro atoms. The summed E-state index contributed by atoms with van der Waals surface area (Å²) >= 11 is 0. The van der Waals surface area contributed by atoms with Gasteiger partial charge >= 0.3 is 5.97 Å². The summed E-state index contributed by atoms with van der Waals surface area (Å²) in [6.07, 6.45) is 0.810. The second-order valence-electron chi connectivity index (χ2n) is 4.44. The van der Waals surface area contributed by atoms with Crippen molar-refractivity contribution in [2.75, 3.05) is 13.7 Å². The molecule has 1 aromatic rings. The number of hydrogen-bond acceptors (Lipinski definition) is 4. The highest BCUT2D eigenvalue weighted by molar-refractivity contribution is 6.04. The Hall–Kier alpha value is -2.37. The topological polar surface area (TPSA) is 79.2 Å². The smallest absolute Gasteiger partial charge is 0.305 e. The molecule has 1 amide bonds. The number of aliphatic carboxylic acids is 1. The highest BCUT2D eigenvalue weighted by Gasteiger charge is 2.21. The number of amides is 1. The molecule has 0 saturated carbocycles. The third-order valence-electron chi connectivity index (χ3n) is 3.07. The lowest BCUT2D eigenvalue weighted by atomic mass is 10.0. The number of carbonyl (C=O) groups is 2. The van der Waals surface area contributed by atoms with Crippen LogP contribution in [0, 0.1) is 0 Å². The first kappa shape index (κ1) is 14.0. The van der Waals surface area contributed by atoms with E-state index in [4.69, 9.17) is 9.84 Å². The summed E-state index contributed by atoms with van der Waals surface area (Å²) in [6, 6.07) is 7.41. The predicted octanol–water partition coefficient (Wildman–Crippen LogP) is 1.50. The first-order chi connectivity index (χ1) is 9.60. The number of methoxy groups -OCH3 is 1. The summed E-state index contributed by atoms with van der Waals surface area (Å²) in [4.78, 5) is 22.3. The third kappa shape index (κ3) is 3.34. The van der Waals surface area contributed by atoms with Gasteiger partial charge in [0.25, 0.3) is 0 Å². The zero-order chi connectivity index (χ0) is 14.5. The van der Waals surface area contributed by atoms with E-state index in [1.54, 1.807) is 7.11 Å². The van der Waals surface area contributed by atoms with Gasteiger partial charge in [-0.1, -0.05) is 0 Å². The first-order valence-electron chi connectivity index (χ1n) is 6.34. The van der Waals surface area contributed by atoms with Crippen molar-refractivity contribution in [2.24, 2.45) is 5.10 Å². The van der Waals surface area contributed by atoms with Crippen molar-refractivity contribution in [3.05, 3.63) is 29.8 Å². The van der Waals surface area contributed by atoms with Crippen LogP contribution in [0.3, 0.4) is 0 Å². The van der Waals surface area contributed by atoms with Gasteiger partial charge in [-0.3, -0.25) is 9.59 Å². The second kappa shape index (κ2) is 6.18. The van der Waals surface area contributed by atoms with Crippen LogP contribution in [-0.2, 0) is 9.59 Å². The van der Waals surface area contributed by atoms with Crippen LogP contribution in [0.5, 0.6) is 5.75 Å². The normalized spacial score (nSPS) is 14.9. The number of rotatable bonds is 5. The summed E-state index contributed by atoms with van der Waals surface area (Å²) < 4.78 is 5.09. The number of hydrazone groups is 1. The van der Waals surface area contributed by atoms with Crippen LogP contribution in [0.4, 0.5) is 0 Å². The molecule has 106 valence electrons. The Bertz CT molecular complexity index is 537. The summed E-state index contributed by atoms with van der Waals surface area (Å²) in [6.45, 7) is 0.105. The molecule has 0 aromatic heterocycles. The minimum Gasteiger partial charge on any atom is -0.497 e. The molecule has 0 aliphatic carbocycles. The molecule has 0 saturated heterocycles. The van der Waals surface area contributed by atoms with Crippen molar-refractivity contribution in [3.8, 4) is 5.75 Å². The molecule has 0 unspecified atom stereocenters. The molecule has 2 rings (SSSR count). The van der Waals surface area contributed by atoms with Crippen LogP contribution in [0.2, 0.25) is 0 Å². The fourth-order valence-electron chi connectivity index (χ4n) is 1.97. The van der Waals surface area contributed by atoms with Crippen molar-refractivity contribution in [3.63, 3.8) is 0 Å². The predicted molar refractivity (Wildman–Crippen MR) is 72.7 cm³/mol. The number of benzene rings is 1. The Kier molecular flexibility index (Phi) is 4.34. The highest BCUT2D eigenvalue weighted by Crippen LogP contribution is 2.18. The molecule has 20 heavy (non-hydrogen) atoms. The van der Waals surface area contributed by atoms with Crippen LogP contribution in [0.15, 0.2) is 29.4 Å². The number of carbonyl (C=O) groups excluding carboxylic acids is 1. The van der Waals surface area contributed by atoms with Gasteiger partial charge in [-0.25, -0.2) is 5.01 Å². The number of nitrogens with zero attached hydrogens (tertiary/aromatic N) is 2. The molecule has 0 fully saturated rings. The summed E-state index contributed by atoms with van der Waals surface area (Å²) in [5.74, 6) is -0.322. The molecule has 0 atom stereocenters. The van der Waals surface area contributed by atoms with Crippen LogP contribution in [0.25, 0.3) is 0 Å². The minimum absolute atomic E-state index is 0.105. The lowest BCUT2D eigenvalue weighted by molar-refractivity contribution is -0.138. The largest absolute Gasteiger partial charge is 0.497 e. The Balaban J connectivity index is 2.15. The second-order valence-corrected chi connectivity index (χ2v) is 4.44. The lowest BCUT2D eigenvalue weighted by Gasteiger charge is -2.23. The van der Waals surface area contributed by atoms with E-state index in [0.29, 0.717) is 12.8 Å². The maximum absolute atomic E-state index is 11.7. The molecule has 6 nitrogen and oxygen atoms in total. The van der Waals surface area contributed by atoms with Gasteiger partial charge in [0.1, 0.15) is 5.75 Å². The average Bonchev–Trinajstić information content (AvgIpc) is 2.46. The molecular weight excluding hydrogens is 260 g/mol. The summed E-state index contributed by atoms with van der Waals surface area (Å²) in [5, 5.41) is 14.2. The van der Waals surface area contributed by atoms with Crippen LogP contribution in [-0.4, -0.2) is 41.4 Å². The van der Waals surface area contributed by atoms with Crippen molar-refractivity contribution >= 4 is 17.6 Å². The quantitative estimate of drug-likeness (QED) is 0.883. The molecule has 1 N–H and O–H groups in total. The highest BCUT2D eigenvalue weighted by atomic mass is 16.5. The summed E-state index contributed by atoms with van der Waals surface area (Å²) in [7, 11) is 1.60. The van der Waals surface area contributed by atoms with E-state index in [-0.39, 0.29) is 18.9 Å². The molecule has 1 aliphatic rings. The van der Waals surface area contributed by atoms with Crippen LogP contribution in [0.1, 0.15) is 24.8 Å². The standard InChI is InChI=1S/C14H16N2O4/c1-20-11-4-2-10(3-5-11)12-6-7-13(17)16(15-12)9-8-14(18)19/h2-5H,6-9H2,1H3,(H,18,19). The Morgan fingerprint density at radius 1 is 1.35 bits per heavy atom. The van der Waals surface area contributed by atoms with Gasteiger partial charge in [0, 0.05) is 12.8 Å². The van der Waals surface area contributed by atoms with Crippen molar-refractivity contribution < 1.29 is 19.4 Å². The monoisotopic (exact) mass is 276 g/mol. The lowest BCUT2D eigenvalue weighted by Crippen LogP contribution is -2.33. The van der Waals surface area contributed by atoms with Gasteiger partial charge in [-0.2, -0.15) is 5.10 Å².